The quantitative estimate of drug-likeness (QED) is 0.601. The minimum Gasteiger partial charge on any atom is -0.391 e. The van der Waals surface area contributed by atoms with E-state index in [2.05, 4.69) is 5.10 Å². The lowest BCUT2D eigenvalue weighted by atomic mass is 10.1. The molecule has 1 aromatic rings. The summed E-state index contributed by atoms with van der Waals surface area (Å²) < 4.78 is 1.67. The van der Waals surface area contributed by atoms with Crippen LogP contribution in [0.3, 0.4) is 0 Å². The first-order valence-corrected chi connectivity index (χ1v) is 5.47. The average Bonchev–Trinajstić information content (AvgIpc) is 2.39. The maximum atomic E-state index is 9.98. The molecule has 1 aromatic heterocycles. The third-order valence-corrected chi connectivity index (χ3v) is 3.04. The maximum absolute atomic E-state index is 9.98. The zero-order valence-electron chi connectivity index (χ0n) is 8.76. The van der Waals surface area contributed by atoms with Crippen LogP contribution in [0.5, 0.6) is 0 Å². The highest BCUT2D eigenvalue weighted by molar-refractivity contribution is 5.42. The van der Waals surface area contributed by atoms with Gasteiger partial charge in [-0.2, -0.15) is 5.10 Å². The molecule has 1 heterocycles. The second kappa shape index (κ2) is 4.10. The van der Waals surface area contributed by atoms with E-state index in [9.17, 15) is 5.11 Å². The van der Waals surface area contributed by atoms with Gasteiger partial charge in [-0.25, -0.2) is 4.68 Å². The van der Waals surface area contributed by atoms with Crippen molar-refractivity contribution in [3.05, 3.63) is 6.07 Å². The summed E-state index contributed by atoms with van der Waals surface area (Å²) in [5.41, 5.74) is 11.4. The molecule has 2 rings (SSSR count). The van der Waals surface area contributed by atoms with Crippen LogP contribution >= 0.6 is 0 Å². The molecule has 1 aliphatic carbocycles. The Labute approximate surface area is 89.1 Å². The molecule has 5 heteroatoms. The Bertz CT molecular complexity index is 336. The molecule has 1 saturated carbocycles. The molecule has 0 aliphatic heterocycles. The Morgan fingerprint density at radius 3 is 2.67 bits per heavy atom. The van der Waals surface area contributed by atoms with Gasteiger partial charge in [-0.15, -0.1) is 0 Å². The van der Waals surface area contributed by atoms with Crippen molar-refractivity contribution in [3.63, 3.8) is 0 Å². The molecule has 1 aliphatic rings. The van der Waals surface area contributed by atoms with Gasteiger partial charge in [0.05, 0.1) is 12.1 Å². The van der Waals surface area contributed by atoms with E-state index in [0.29, 0.717) is 11.6 Å². The summed E-state index contributed by atoms with van der Waals surface area (Å²) in [6.07, 6.45) is 4.75. The highest BCUT2D eigenvalue weighted by Crippen LogP contribution is 2.29. The van der Waals surface area contributed by atoms with Crippen molar-refractivity contribution >= 4 is 11.6 Å². The fourth-order valence-electron chi connectivity index (χ4n) is 2.25. The van der Waals surface area contributed by atoms with Crippen LogP contribution in [0.1, 0.15) is 38.1 Å². The Morgan fingerprint density at radius 1 is 1.27 bits per heavy atom. The predicted octanol–water partition coefficient (Wildman–Crippen LogP) is 0.914. The molecule has 0 amide bonds. The molecule has 0 spiro atoms. The number of aliphatic hydroxyl groups excluding tert-OH is 1. The molecule has 15 heavy (non-hydrogen) atoms. The molecule has 5 nitrogen and oxygen atoms in total. The Balaban J connectivity index is 2.23. The Kier molecular flexibility index (Phi) is 2.81. The predicted molar refractivity (Wildman–Crippen MR) is 59.2 cm³/mol. The Morgan fingerprint density at radius 2 is 2.00 bits per heavy atom. The summed E-state index contributed by atoms with van der Waals surface area (Å²) >= 11 is 0. The van der Waals surface area contributed by atoms with E-state index in [1.54, 1.807) is 10.7 Å². The maximum Gasteiger partial charge on any atom is 0.147 e. The number of hydrogen-bond donors (Lipinski definition) is 3. The van der Waals surface area contributed by atoms with E-state index in [1.807, 2.05) is 0 Å². The number of nitrogen functional groups attached to an aromatic ring is 2. The van der Waals surface area contributed by atoms with E-state index in [4.69, 9.17) is 11.5 Å². The van der Waals surface area contributed by atoms with E-state index in [-0.39, 0.29) is 12.1 Å². The average molecular weight is 210 g/mol. The summed E-state index contributed by atoms with van der Waals surface area (Å²) in [5.74, 6) is 0.961. The molecule has 0 radical (unpaired) electrons. The number of nitrogens with two attached hydrogens (primary N) is 2. The monoisotopic (exact) mass is 210 g/mol. The van der Waals surface area contributed by atoms with Crippen molar-refractivity contribution < 1.29 is 5.11 Å². The van der Waals surface area contributed by atoms with Crippen LogP contribution in [0.4, 0.5) is 11.6 Å². The number of nitrogens with zero attached hydrogens (tertiary/aromatic N) is 2. The van der Waals surface area contributed by atoms with E-state index in [0.717, 1.165) is 25.7 Å². The molecule has 1 fully saturated rings. The van der Waals surface area contributed by atoms with Gasteiger partial charge in [-0.1, -0.05) is 19.3 Å². The topological polar surface area (TPSA) is 90.1 Å². The van der Waals surface area contributed by atoms with Gasteiger partial charge < -0.3 is 16.6 Å². The van der Waals surface area contributed by atoms with Crippen molar-refractivity contribution in [2.75, 3.05) is 11.5 Å². The minimum absolute atomic E-state index is 0.00944. The summed E-state index contributed by atoms with van der Waals surface area (Å²) in [5, 5.41) is 14.1. The van der Waals surface area contributed by atoms with Crippen molar-refractivity contribution in [1.29, 1.82) is 0 Å². The van der Waals surface area contributed by atoms with Crippen molar-refractivity contribution in [3.8, 4) is 0 Å². The van der Waals surface area contributed by atoms with Crippen LogP contribution in [0, 0.1) is 0 Å². The van der Waals surface area contributed by atoms with Gasteiger partial charge in [0.1, 0.15) is 11.6 Å². The molecule has 84 valence electrons. The van der Waals surface area contributed by atoms with E-state index in [1.165, 1.54) is 6.42 Å². The minimum atomic E-state index is -0.353. The lowest BCUT2D eigenvalue weighted by molar-refractivity contribution is 0.100. The number of aliphatic hydroxyl groups is 1. The number of aromatic nitrogens is 2. The number of anilines is 2. The lowest BCUT2D eigenvalue weighted by Crippen LogP contribution is -2.25. The third kappa shape index (κ3) is 2.07. The van der Waals surface area contributed by atoms with Crippen LogP contribution in [0.25, 0.3) is 0 Å². The van der Waals surface area contributed by atoms with E-state index < -0.39 is 0 Å². The smallest absolute Gasteiger partial charge is 0.147 e. The number of hydrogen-bond acceptors (Lipinski definition) is 4. The highest BCUT2D eigenvalue weighted by atomic mass is 16.3. The van der Waals surface area contributed by atoms with Crippen molar-refractivity contribution in [1.82, 2.24) is 9.78 Å². The second-order valence-electron chi connectivity index (χ2n) is 4.21. The zero-order valence-corrected chi connectivity index (χ0v) is 8.76. The second-order valence-corrected chi connectivity index (χ2v) is 4.21. The number of rotatable bonds is 1. The summed E-state index contributed by atoms with van der Waals surface area (Å²) in [6.45, 7) is 0. The van der Waals surface area contributed by atoms with Gasteiger partial charge in [0.15, 0.2) is 0 Å². The van der Waals surface area contributed by atoms with Gasteiger partial charge in [-0.3, -0.25) is 0 Å². The van der Waals surface area contributed by atoms with Gasteiger partial charge >= 0.3 is 0 Å². The molecular formula is C10H18N4O. The first-order valence-electron chi connectivity index (χ1n) is 5.47. The molecule has 0 saturated heterocycles. The SMILES string of the molecule is Nc1cc(N)n(C2CCCCCC2O)n1. The molecule has 2 atom stereocenters. The van der Waals surface area contributed by atoms with Crippen LogP contribution < -0.4 is 11.5 Å². The van der Waals surface area contributed by atoms with Crippen molar-refractivity contribution in [2.45, 2.75) is 44.2 Å². The van der Waals surface area contributed by atoms with E-state index >= 15 is 0 Å². The molecule has 5 N–H and O–H groups in total. The summed E-state index contributed by atoms with van der Waals surface area (Å²) in [6, 6.07) is 1.63. The van der Waals surface area contributed by atoms with Gasteiger partial charge in [0.2, 0.25) is 0 Å². The van der Waals surface area contributed by atoms with Crippen molar-refractivity contribution in [2.24, 2.45) is 0 Å². The van der Waals surface area contributed by atoms with Gasteiger partial charge in [0, 0.05) is 6.07 Å². The molecule has 0 aromatic carbocycles. The van der Waals surface area contributed by atoms with Gasteiger partial charge in [0.25, 0.3) is 0 Å². The summed E-state index contributed by atoms with van der Waals surface area (Å²) in [4.78, 5) is 0. The molecule has 2 unspecified atom stereocenters. The summed E-state index contributed by atoms with van der Waals surface area (Å²) in [7, 11) is 0. The fourth-order valence-corrected chi connectivity index (χ4v) is 2.25. The fraction of sp³-hybridized carbons (Fsp3) is 0.700. The first-order chi connectivity index (χ1) is 7.18. The van der Waals surface area contributed by atoms with Crippen LogP contribution in [0.15, 0.2) is 6.07 Å². The standard InChI is InChI=1S/C10H18N4O/c11-9-6-10(12)14(13-9)7-4-2-1-3-5-8(7)15/h6-8,15H,1-5,12H2,(H2,11,13). The van der Waals surface area contributed by atoms with Crippen LogP contribution in [-0.4, -0.2) is 21.0 Å². The Hall–Kier alpha value is -1.23. The lowest BCUT2D eigenvalue weighted by Gasteiger charge is -2.21. The largest absolute Gasteiger partial charge is 0.391 e. The third-order valence-electron chi connectivity index (χ3n) is 3.04. The normalized spacial score (nSPS) is 27.5. The highest BCUT2D eigenvalue weighted by Gasteiger charge is 2.25. The molecule has 0 bridgehead atoms. The first kappa shape index (κ1) is 10.3. The van der Waals surface area contributed by atoms with Crippen LogP contribution in [-0.2, 0) is 0 Å². The van der Waals surface area contributed by atoms with Crippen LogP contribution in [0.2, 0.25) is 0 Å². The zero-order chi connectivity index (χ0) is 10.8. The van der Waals surface area contributed by atoms with Gasteiger partial charge in [-0.05, 0) is 12.8 Å². The molecular weight excluding hydrogens is 192 g/mol.